The van der Waals surface area contributed by atoms with Crippen LogP contribution in [0, 0.1) is 0 Å². The highest BCUT2D eigenvalue weighted by Crippen LogP contribution is 2.19. The Morgan fingerprint density at radius 1 is 0.433 bits per heavy atom. The molecule has 0 N–H and O–H groups in total. The summed E-state index contributed by atoms with van der Waals surface area (Å²) in [6, 6.07) is 7.88. The van der Waals surface area contributed by atoms with Gasteiger partial charge in [0, 0.05) is 77.6 Å². The van der Waals surface area contributed by atoms with Gasteiger partial charge in [0.1, 0.15) is 22.4 Å². The van der Waals surface area contributed by atoms with Crippen LogP contribution in [0.4, 0.5) is 19.2 Å². The Labute approximate surface area is 412 Å². The van der Waals surface area contributed by atoms with Crippen LogP contribution in [0.25, 0.3) is 0 Å². The third-order valence-corrected chi connectivity index (χ3v) is 12.7. The van der Waals surface area contributed by atoms with Gasteiger partial charge in [0.05, 0.1) is 0 Å². The predicted molar refractivity (Wildman–Crippen MR) is 271 cm³/mol. The summed E-state index contributed by atoms with van der Waals surface area (Å²) in [5, 5.41) is 0. The van der Waals surface area contributed by atoms with Crippen LogP contribution in [-0.4, -0.2) is 184 Å². The summed E-state index contributed by atoms with van der Waals surface area (Å²) in [5.41, 5.74) is -1.06. The summed E-state index contributed by atoms with van der Waals surface area (Å²) in [6.07, 6.45) is 3.08. The van der Waals surface area contributed by atoms with Gasteiger partial charge in [-0.2, -0.15) is 23.5 Å². The molecule has 382 valence electrons. The maximum Gasteiger partial charge on any atom is 0.410 e. The summed E-state index contributed by atoms with van der Waals surface area (Å²) >= 11 is 3.85. The molecule has 0 unspecified atom stereocenters. The topological polar surface area (TPSA) is 142 Å². The number of hydrogen-bond acceptors (Lipinski definition) is 12. The van der Waals surface area contributed by atoms with Gasteiger partial charge in [-0.15, -0.1) is 0 Å². The minimum absolute atomic E-state index is 0.149. The van der Waals surface area contributed by atoms with Crippen molar-refractivity contribution in [1.29, 1.82) is 0 Å². The second-order valence-electron chi connectivity index (χ2n) is 21.5. The molecule has 1 aromatic rings. The number of amides is 5. The van der Waals surface area contributed by atoms with Crippen molar-refractivity contribution in [2.75, 3.05) is 102 Å². The molecule has 0 aliphatic carbocycles. The van der Waals surface area contributed by atoms with E-state index >= 15 is 0 Å². The second-order valence-corrected chi connectivity index (χ2v) is 23.9. The monoisotopic (exact) mass is 979 g/mol. The van der Waals surface area contributed by atoms with Crippen molar-refractivity contribution < 1.29 is 42.9 Å². The lowest BCUT2D eigenvalue weighted by atomic mass is 10.1. The van der Waals surface area contributed by atoms with Crippen molar-refractivity contribution in [1.82, 2.24) is 29.4 Å². The molecule has 2 fully saturated rings. The molecule has 2 heterocycles. The van der Waals surface area contributed by atoms with E-state index in [1.807, 2.05) is 130 Å². The summed E-state index contributed by atoms with van der Waals surface area (Å²) in [7, 11) is 0. The lowest BCUT2D eigenvalue weighted by molar-refractivity contribution is 0.0102. The van der Waals surface area contributed by atoms with Gasteiger partial charge in [0.25, 0.3) is 5.91 Å². The minimum atomic E-state index is -0.731. The van der Waals surface area contributed by atoms with Gasteiger partial charge in [-0.05, 0) is 175 Å². The summed E-state index contributed by atoms with van der Waals surface area (Å²) in [4.78, 5) is 79.0. The zero-order valence-corrected chi connectivity index (χ0v) is 44.9. The Balaban J connectivity index is 1.80. The van der Waals surface area contributed by atoms with Crippen LogP contribution in [-0.2, 0) is 25.5 Å². The summed E-state index contributed by atoms with van der Waals surface area (Å²) in [5.74, 6) is 3.87. The van der Waals surface area contributed by atoms with Crippen LogP contribution in [0.1, 0.15) is 138 Å². The molecule has 17 heteroatoms. The van der Waals surface area contributed by atoms with Gasteiger partial charge in [-0.1, -0.05) is 12.1 Å². The van der Waals surface area contributed by atoms with Crippen molar-refractivity contribution in [2.45, 2.75) is 151 Å². The van der Waals surface area contributed by atoms with E-state index in [0.717, 1.165) is 73.9 Å². The molecule has 67 heavy (non-hydrogen) atoms. The molecule has 0 radical (unpaired) electrons. The standard InChI is InChI=1S/C50H86N6O9S2/c1-47(2,3)62-43(58)53-28-18-36-66-34-16-22-51(23-17-35-67-37-19-29-53)39-40-20-13-21-41(38-40)42(57)52-24-14-25-55(45(60)64-49(7,8)9)32-33-56(46(61)65-50(10,11)12)27-15-26-54(31-30-52)44(59)63-48(4,5)6/h13,20-21,38H,14-19,22-37,39H2,1-12H3. The fourth-order valence-electron chi connectivity index (χ4n) is 7.40. The molecule has 0 aromatic heterocycles. The van der Waals surface area contributed by atoms with Crippen LogP contribution >= 0.6 is 23.5 Å². The van der Waals surface area contributed by atoms with Crippen molar-refractivity contribution in [3.05, 3.63) is 35.4 Å². The molecule has 2 aliphatic rings. The number of ether oxygens (including phenoxy) is 4. The van der Waals surface area contributed by atoms with Crippen LogP contribution in [0.3, 0.4) is 0 Å². The zero-order chi connectivity index (χ0) is 49.8. The molecule has 0 bridgehead atoms. The van der Waals surface area contributed by atoms with E-state index < -0.39 is 40.7 Å². The number of rotatable bonds is 3. The van der Waals surface area contributed by atoms with E-state index in [-0.39, 0.29) is 57.8 Å². The van der Waals surface area contributed by atoms with Gasteiger partial charge in [-0.3, -0.25) is 9.69 Å². The number of carbonyl (C=O) groups excluding carboxylic acids is 5. The Hall–Kier alpha value is -3.57. The van der Waals surface area contributed by atoms with E-state index in [1.165, 1.54) is 0 Å². The fraction of sp³-hybridized carbons (Fsp3) is 0.780. The molecule has 15 nitrogen and oxygen atoms in total. The highest BCUT2D eigenvalue weighted by atomic mass is 32.2. The summed E-state index contributed by atoms with van der Waals surface area (Å²) < 4.78 is 23.1. The molecule has 3 rings (SSSR count). The van der Waals surface area contributed by atoms with Crippen molar-refractivity contribution in [3.8, 4) is 0 Å². The van der Waals surface area contributed by atoms with Crippen molar-refractivity contribution in [3.63, 3.8) is 0 Å². The Bertz CT molecular complexity index is 1690. The number of carbonyl (C=O) groups is 5. The molecule has 1 aromatic carbocycles. The zero-order valence-electron chi connectivity index (χ0n) is 43.2. The van der Waals surface area contributed by atoms with E-state index in [1.54, 1.807) is 19.6 Å². The maximum absolute atomic E-state index is 14.6. The average Bonchev–Trinajstić information content (AvgIpc) is 3.19. The van der Waals surface area contributed by atoms with Crippen LogP contribution in [0.5, 0.6) is 0 Å². The quantitative estimate of drug-likeness (QED) is 0.266. The first-order valence-corrected chi connectivity index (χ1v) is 26.8. The number of hydrogen-bond donors (Lipinski definition) is 0. The SMILES string of the molecule is CC(C)(C)OC(=O)N1CCCSCCCN(Cc2cccc(C(=O)N3CCCN(C(=O)OC(C)(C)C)CCN(C(=O)OC(C)(C)C)CCCN(C(=O)OC(C)(C)C)CC3)c2)CCCSCCC1. The molecule has 0 spiro atoms. The highest BCUT2D eigenvalue weighted by Gasteiger charge is 2.29. The van der Waals surface area contributed by atoms with E-state index in [4.69, 9.17) is 18.9 Å². The van der Waals surface area contributed by atoms with E-state index in [9.17, 15) is 24.0 Å². The number of thioether (sulfide) groups is 2. The number of benzene rings is 1. The Morgan fingerprint density at radius 3 is 1.12 bits per heavy atom. The minimum Gasteiger partial charge on any atom is -0.444 e. The normalized spacial score (nSPS) is 18.7. The van der Waals surface area contributed by atoms with Crippen LogP contribution < -0.4 is 0 Å². The van der Waals surface area contributed by atoms with Gasteiger partial charge in [0.2, 0.25) is 0 Å². The van der Waals surface area contributed by atoms with E-state index in [2.05, 4.69) is 11.0 Å². The van der Waals surface area contributed by atoms with Gasteiger partial charge in [0.15, 0.2) is 0 Å². The molecule has 0 saturated carbocycles. The van der Waals surface area contributed by atoms with Crippen LogP contribution in [0.15, 0.2) is 24.3 Å². The Morgan fingerprint density at radius 2 is 0.746 bits per heavy atom. The van der Waals surface area contributed by atoms with E-state index in [0.29, 0.717) is 38.0 Å². The first kappa shape index (κ1) is 57.7. The third kappa shape index (κ3) is 24.5. The van der Waals surface area contributed by atoms with Gasteiger partial charge < -0.3 is 43.4 Å². The predicted octanol–water partition coefficient (Wildman–Crippen LogP) is 9.71. The first-order valence-electron chi connectivity index (χ1n) is 24.5. The fourth-order valence-corrected chi connectivity index (χ4v) is 9.14. The summed E-state index contributed by atoms with van der Waals surface area (Å²) in [6.45, 7) is 28.1. The van der Waals surface area contributed by atoms with Gasteiger partial charge in [-0.25, -0.2) is 19.2 Å². The molecular weight excluding hydrogens is 893 g/mol. The third-order valence-electron chi connectivity index (χ3n) is 10.4. The molecular formula is C50H86N6O9S2. The van der Waals surface area contributed by atoms with Crippen LogP contribution in [0.2, 0.25) is 0 Å². The number of nitrogens with zero attached hydrogens (tertiary/aromatic N) is 6. The van der Waals surface area contributed by atoms with Crippen molar-refractivity contribution in [2.24, 2.45) is 0 Å². The molecule has 2 saturated heterocycles. The van der Waals surface area contributed by atoms with Gasteiger partial charge >= 0.3 is 24.4 Å². The molecule has 2 aliphatic heterocycles. The average molecular weight is 979 g/mol. The lowest BCUT2D eigenvalue weighted by Crippen LogP contribution is -2.48. The largest absolute Gasteiger partial charge is 0.444 e. The smallest absolute Gasteiger partial charge is 0.410 e. The molecule has 0 atom stereocenters. The molecule has 5 amide bonds. The maximum atomic E-state index is 14.6. The second kappa shape index (κ2) is 27.6. The lowest BCUT2D eigenvalue weighted by Gasteiger charge is -2.34. The Kier molecular flexibility index (Phi) is 23.8. The highest BCUT2D eigenvalue weighted by molar-refractivity contribution is 7.99. The van der Waals surface area contributed by atoms with Crippen molar-refractivity contribution >= 4 is 53.8 Å². The first-order chi connectivity index (χ1) is 31.3.